The number of carbonyl (C=O) groups excluding carboxylic acids is 1. The summed E-state index contributed by atoms with van der Waals surface area (Å²) >= 11 is 0. The van der Waals surface area contributed by atoms with E-state index in [1.807, 2.05) is 38.1 Å². The number of anilines is 1. The van der Waals surface area contributed by atoms with Gasteiger partial charge in [0.2, 0.25) is 10.0 Å². The summed E-state index contributed by atoms with van der Waals surface area (Å²) in [7, 11) is -3.36. The van der Waals surface area contributed by atoms with Crippen LogP contribution in [0.1, 0.15) is 28.4 Å². The van der Waals surface area contributed by atoms with Crippen LogP contribution in [0, 0.1) is 13.8 Å². The number of amides is 1. The fourth-order valence-electron chi connectivity index (χ4n) is 2.32. The normalized spacial score (nSPS) is 12.3. The second-order valence-electron chi connectivity index (χ2n) is 6.40. The van der Waals surface area contributed by atoms with Gasteiger partial charge in [-0.25, -0.2) is 8.42 Å². The van der Waals surface area contributed by atoms with Crippen molar-refractivity contribution in [1.29, 1.82) is 0 Å². The van der Waals surface area contributed by atoms with Gasteiger partial charge < -0.3 is 10.1 Å². The van der Waals surface area contributed by atoms with Crippen LogP contribution in [0.3, 0.4) is 0 Å². The molecule has 0 fully saturated rings. The van der Waals surface area contributed by atoms with E-state index < -0.39 is 10.0 Å². The summed E-state index contributed by atoms with van der Waals surface area (Å²) in [6.45, 7) is 5.96. The highest BCUT2D eigenvalue weighted by molar-refractivity contribution is 7.92. The van der Waals surface area contributed by atoms with Crippen molar-refractivity contribution in [2.75, 3.05) is 17.6 Å². The van der Waals surface area contributed by atoms with Gasteiger partial charge in [-0.2, -0.15) is 0 Å². The van der Waals surface area contributed by atoms with E-state index in [0.717, 1.165) is 17.6 Å². The molecule has 2 rings (SSSR count). The largest absolute Gasteiger partial charge is 0.491 e. The van der Waals surface area contributed by atoms with Gasteiger partial charge in [0.15, 0.2) is 0 Å². The number of hydrogen-bond donors (Lipinski definition) is 2. The third-order valence-corrected chi connectivity index (χ3v) is 4.27. The average Bonchev–Trinajstić information content (AvgIpc) is 2.55. The van der Waals surface area contributed by atoms with Crippen LogP contribution in [0.2, 0.25) is 0 Å². The Bertz CT molecular complexity index is 877. The van der Waals surface area contributed by atoms with Crippen LogP contribution in [0.5, 0.6) is 5.75 Å². The molecule has 2 aromatic rings. The highest BCUT2D eigenvalue weighted by atomic mass is 32.2. The summed E-state index contributed by atoms with van der Waals surface area (Å²) in [6, 6.07) is 12.3. The molecule has 0 aromatic heterocycles. The molecule has 2 N–H and O–H groups in total. The summed E-state index contributed by atoms with van der Waals surface area (Å²) in [5.41, 5.74) is 2.75. The molecule has 0 bridgehead atoms. The number of aryl methyl sites for hydroxylation is 2. The smallest absolute Gasteiger partial charge is 0.251 e. The number of rotatable bonds is 7. The fourth-order valence-corrected chi connectivity index (χ4v) is 2.95. The number of ether oxygens (including phenoxy) is 1. The van der Waals surface area contributed by atoms with Crippen molar-refractivity contribution in [2.45, 2.75) is 26.8 Å². The monoisotopic (exact) mass is 376 g/mol. The summed E-state index contributed by atoms with van der Waals surface area (Å²) < 4.78 is 30.7. The summed E-state index contributed by atoms with van der Waals surface area (Å²) in [6.07, 6.45) is 1.09. The van der Waals surface area contributed by atoms with Gasteiger partial charge in [-0.1, -0.05) is 17.7 Å². The minimum Gasteiger partial charge on any atom is -0.491 e. The SMILES string of the molecule is Cc1ccc(OC[C@H](C)NC(=O)c2ccc(NS(C)(=O)=O)c(C)c2)cc1. The lowest BCUT2D eigenvalue weighted by molar-refractivity contribution is 0.0926. The van der Waals surface area contributed by atoms with Gasteiger partial charge >= 0.3 is 0 Å². The van der Waals surface area contributed by atoms with Crippen LogP contribution in [0.4, 0.5) is 5.69 Å². The van der Waals surface area contributed by atoms with E-state index in [-0.39, 0.29) is 11.9 Å². The Hall–Kier alpha value is -2.54. The van der Waals surface area contributed by atoms with Crippen LogP contribution in [-0.4, -0.2) is 33.2 Å². The maximum Gasteiger partial charge on any atom is 0.251 e. The van der Waals surface area contributed by atoms with Crippen molar-refractivity contribution in [1.82, 2.24) is 5.32 Å². The zero-order valence-electron chi connectivity index (χ0n) is 15.4. The van der Waals surface area contributed by atoms with E-state index in [4.69, 9.17) is 4.74 Å². The van der Waals surface area contributed by atoms with Crippen molar-refractivity contribution < 1.29 is 17.9 Å². The predicted molar refractivity (Wildman–Crippen MR) is 103 cm³/mol. The molecule has 140 valence electrons. The molecular weight excluding hydrogens is 352 g/mol. The zero-order valence-corrected chi connectivity index (χ0v) is 16.2. The summed E-state index contributed by atoms with van der Waals surface area (Å²) in [4.78, 5) is 12.4. The maximum atomic E-state index is 12.4. The summed E-state index contributed by atoms with van der Waals surface area (Å²) in [5, 5.41) is 2.87. The highest BCUT2D eigenvalue weighted by Gasteiger charge is 2.13. The molecule has 0 saturated heterocycles. The molecule has 0 spiro atoms. The second-order valence-corrected chi connectivity index (χ2v) is 8.15. The van der Waals surface area contributed by atoms with E-state index >= 15 is 0 Å². The molecule has 0 aliphatic carbocycles. The number of hydrogen-bond acceptors (Lipinski definition) is 4. The van der Waals surface area contributed by atoms with E-state index in [2.05, 4.69) is 10.0 Å². The molecule has 1 amide bonds. The number of benzene rings is 2. The Labute approximate surface area is 154 Å². The zero-order chi connectivity index (χ0) is 19.3. The third kappa shape index (κ3) is 6.07. The van der Waals surface area contributed by atoms with Crippen molar-refractivity contribution in [3.63, 3.8) is 0 Å². The molecule has 0 aliphatic rings. The molecule has 7 heteroatoms. The first-order valence-corrected chi connectivity index (χ1v) is 10.1. The van der Waals surface area contributed by atoms with Crippen molar-refractivity contribution in [3.8, 4) is 5.75 Å². The summed E-state index contributed by atoms with van der Waals surface area (Å²) in [5.74, 6) is 0.516. The first-order chi connectivity index (χ1) is 12.1. The number of carbonyl (C=O) groups is 1. The Morgan fingerprint density at radius 2 is 1.77 bits per heavy atom. The van der Waals surface area contributed by atoms with E-state index in [9.17, 15) is 13.2 Å². The first-order valence-electron chi connectivity index (χ1n) is 8.23. The van der Waals surface area contributed by atoms with Gasteiger partial charge in [0.25, 0.3) is 5.91 Å². The molecule has 0 aliphatic heterocycles. The van der Waals surface area contributed by atoms with Gasteiger partial charge in [0.05, 0.1) is 18.0 Å². The second kappa shape index (κ2) is 8.23. The van der Waals surface area contributed by atoms with Gasteiger partial charge in [-0.3, -0.25) is 9.52 Å². The minimum atomic E-state index is -3.36. The van der Waals surface area contributed by atoms with Crippen LogP contribution in [-0.2, 0) is 10.0 Å². The average molecular weight is 376 g/mol. The fraction of sp³-hybridized carbons (Fsp3) is 0.316. The molecule has 26 heavy (non-hydrogen) atoms. The Morgan fingerprint density at radius 3 is 2.35 bits per heavy atom. The molecule has 0 radical (unpaired) electrons. The Balaban J connectivity index is 1.94. The van der Waals surface area contributed by atoms with Crippen molar-refractivity contribution >= 4 is 21.6 Å². The molecular formula is C19H24N2O4S. The van der Waals surface area contributed by atoms with Crippen LogP contribution in [0.25, 0.3) is 0 Å². The van der Waals surface area contributed by atoms with E-state index in [0.29, 0.717) is 23.4 Å². The molecule has 0 heterocycles. The molecule has 2 aromatic carbocycles. The minimum absolute atomic E-state index is 0.182. The first kappa shape index (κ1) is 19.8. The lowest BCUT2D eigenvalue weighted by atomic mass is 10.1. The van der Waals surface area contributed by atoms with Crippen LogP contribution >= 0.6 is 0 Å². The lowest BCUT2D eigenvalue weighted by Crippen LogP contribution is -2.36. The lowest BCUT2D eigenvalue weighted by Gasteiger charge is -2.16. The highest BCUT2D eigenvalue weighted by Crippen LogP contribution is 2.18. The van der Waals surface area contributed by atoms with Crippen molar-refractivity contribution in [2.24, 2.45) is 0 Å². The van der Waals surface area contributed by atoms with E-state index in [1.165, 1.54) is 0 Å². The van der Waals surface area contributed by atoms with Crippen LogP contribution < -0.4 is 14.8 Å². The molecule has 0 saturated carbocycles. The molecule has 1 atom stereocenters. The molecule has 6 nitrogen and oxygen atoms in total. The van der Waals surface area contributed by atoms with Gasteiger partial charge in [0, 0.05) is 5.56 Å². The number of sulfonamides is 1. The number of nitrogens with one attached hydrogen (secondary N) is 2. The van der Waals surface area contributed by atoms with E-state index in [1.54, 1.807) is 25.1 Å². The quantitative estimate of drug-likeness (QED) is 0.778. The predicted octanol–water partition coefficient (Wildman–Crippen LogP) is 2.87. The van der Waals surface area contributed by atoms with Crippen LogP contribution in [0.15, 0.2) is 42.5 Å². The Morgan fingerprint density at radius 1 is 1.12 bits per heavy atom. The third-order valence-electron chi connectivity index (χ3n) is 3.68. The van der Waals surface area contributed by atoms with Gasteiger partial charge in [-0.15, -0.1) is 0 Å². The maximum absolute atomic E-state index is 12.4. The topological polar surface area (TPSA) is 84.5 Å². The molecule has 0 unspecified atom stereocenters. The Kier molecular flexibility index (Phi) is 6.26. The standard InChI is InChI=1S/C19H24N2O4S/c1-13-5-8-17(9-6-13)25-12-15(3)20-19(22)16-7-10-18(14(2)11-16)21-26(4,23)24/h5-11,15,21H,12H2,1-4H3,(H,20,22)/t15-/m0/s1. The van der Waals surface area contributed by atoms with Crippen molar-refractivity contribution in [3.05, 3.63) is 59.2 Å². The van der Waals surface area contributed by atoms with Gasteiger partial charge in [0.1, 0.15) is 12.4 Å². The van der Waals surface area contributed by atoms with Gasteiger partial charge in [-0.05, 0) is 56.7 Å².